The van der Waals surface area contributed by atoms with Gasteiger partial charge in [0.1, 0.15) is 5.75 Å². The number of aromatic amines is 1. The van der Waals surface area contributed by atoms with Crippen LogP contribution in [0.1, 0.15) is 99.9 Å². The summed E-state index contributed by atoms with van der Waals surface area (Å²) < 4.78 is 8.81. The highest BCUT2D eigenvalue weighted by Gasteiger charge is 2.37. The van der Waals surface area contributed by atoms with Gasteiger partial charge >= 0.3 is 7.98 Å². The molecular weight excluding hydrogens is 535 g/mol. The smallest absolute Gasteiger partial charge is 0.455 e. The minimum Gasteiger partial charge on any atom is -0.455 e. The first-order valence-corrected chi connectivity index (χ1v) is 17.0. The Kier molecular flexibility index (Phi) is 8.86. The fraction of sp³-hybridized carbons (Fsp3) is 0.375. The van der Waals surface area contributed by atoms with Gasteiger partial charge in [-0.2, -0.15) is 0 Å². The number of hydrogen-bond donors (Lipinski definition) is 1. The zero-order valence-corrected chi connectivity index (χ0v) is 25.9. The number of nitrogens with zero attached hydrogens (tertiary/aromatic N) is 1. The maximum absolute atomic E-state index is 7.28. The summed E-state index contributed by atoms with van der Waals surface area (Å²) in [7, 11) is 7.28. The van der Waals surface area contributed by atoms with E-state index >= 15 is 0 Å². The van der Waals surface area contributed by atoms with Gasteiger partial charge in [0, 0.05) is 35.7 Å². The van der Waals surface area contributed by atoms with E-state index in [0.717, 1.165) is 42.2 Å². The normalized spacial score (nSPS) is 20.9. The van der Waals surface area contributed by atoms with Crippen molar-refractivity contribution in [1.29, 1.82) is 0 Å². The molecule has 1 aliphatic heterocycles. The molecule has 44 heavy (non-hydrogen) atoms. The van der Waals surface area contributed by atoms with Crippen LogP contribution in [0.3, 0.4) is 0 Å². The summed E-state index contributed by atoms with van der Waals surface area (Å²) in [6.07, 6.45) is 24.7. The molecule has 0 spiro atoms. The van der Waals surface area contributed by atoms with Gasteiger partial charge in [0.15, 0.2) is 17.2 Å². The summed E-state index contributed by atoms with van der Waals surface area (Å²) in [5, 5.41) is 0. The van der Waals surface area contributed by atoms with Crippen molar-refractivity contribution < 1.29 is 9.22 Å². The molecule has 2 radical (unpaired) electrons. The van der Waals surface area contributed by atoms with E-state index in [1.165, 1.54) is 97.9 Å². The van der Waals surface area contributed by atoms with Crippen molar-refractivity contribution in [3.05, 3.63) is 125 Å². The summed E-state index contributed by atoms with van der Waals surface area (Å²) >= 11 is 0. The molecule has 7 rings (SSSR count). The largest absolute Gasteiger partial charge is 0.587 e. The molecule has 2 aromatic carbocycles. The highest BCUT2D eigenvalue weighted by molar-refractivity contribution is 6.09. The second-order valence-electron chi connectivity index (χ2n) is 13.1. The minimum atomic E-state index is 0.500. The van der Waals surface area contributed by atoms with Gasteiger partial charge in [-0.05, 0) is 67.7 Å². The summed E-state index contributed by atoms with van der Waals surface area (Å²) in [6, 6.07) is 23.4. The van der Waals surface area contributed by atoms with Crippen LogP contribution in [0.2, 0.25) is 0 Å². The molecule has 3 nitrogen and oxygen atoms in total. The Morgan fingerprint density at radius 2 is 1.52 bits per heavy atom. The molecule has 0 unspecified atom stereocenters. The highest BCUT2D eigenvalue weighted by Crippen LogP contribution is 2.45. The third-order valence-corrected chi connectivity index (χ3v) is 10.0. The van der Waals surface area contributed by atoms with E-state index < -0.39 is 0 Å². The first-order valence-electron chi connectivity index (χ1n) is 17.0. The number of allylic oxidation sites excluding steroid dienone is 7. The second kappa shape index (κ2) is 13.5. The molecule has 0 bridgehead atoms. The first kappa shape index (κ1) is 29.0. The Labute approximate surface area is 264 Å². The number of ether oxygens (including phenoxy) is 1. The lowest BCUT2D eigenvalue weighted by atomic mass is 9.85. The van der Waals surface area contributed by atoms with Crippen LogP contribution < -0.4 is 4.74 Å². The lowest BCUT2D eigenvalue weighted by molar-refractivity contribution is -0.305. The van der Waals surface area contributed by atoms with Gasteiger partial charge in [-0.1, -0.05) is 105 Å². The van der Waals surface area contributed by atoms with Gasteiger partial charge in [0.05, 0.1) is 11.3 Å². The van der Waals surface area contributed by atoms with Crippen LogP contribution in [0, 0.1) is 5.92 Å². The molecular formula is C40H44BN2O+. The highest BCUT2D eigenvalue weighted by atomic mass is 16.5. The van der Waals surface area contributed by atoms with Crippen molar-refractivity contribution in [3.8, 4) is 11.5 Å². The standard InChI is InChI=1S/C40H44BN2O/c41-43-36(31-20-10-3-11-21-31)27-33(26-29-16-6-1-7-17-29)40(43)38(32-22-12-4-13-23-32)39-37(44-34-24-14-5-15-25-34)28-35(42-39)30-18-8-2-9-19-30/h1,4-7,12,14-17,22,24-25,27-28,30-31,42H,2-3,8-11,13,18-21,23,26H2/q+1. The molecule has 1 aromatic heterocycles. The van der Waals surface area contributed by atoms with Gasteiger partial charge in [0.2, 0.25) is 0 Å². The molecule has 3 aliphatic carbocycles. The summed E-state index contributed by atoms with van der Waals surface area (Å²) in [4.78, 5) is 3.98. The quantitative estimate of drug-likeness (QED) is 0.264. The van der Waals surface area contributed by atoms with Crippen molar-refractivity contribution in [2.24, 2.45) is 5.92 Å². The van der Waals surface area contributed by atoms with Gasteiger partial charge in [-0.15, -0.1) is 0 Å². The predicted octanol–water partition coefficient (Wildman–Crippen LogP) is 10.1. The fourth-order valence-electron chi connectivity index (χ4n) is 7.76. The van der Waals surface area contributed by atoms with Gasteiger partial charge in [0.25, 0.3) is 0 Å². The van der Waals surface area contributed by atoms with Gasteiger partial charge in [-0.3, -0.25) is 4.49 Å². The number of hydrogen-bond acceptors (Lipinski definition) is 1. The molecule has 0 saturated heterocycles. The summed E-state index contributed by atoms with van der Waals surface area (Å²) in [5.74, 6) is 2.78. The average molecular weight is 580 g/mol. The number of nitrogens with one attached hydrogen (secondary N) is 1. The van der Waals surface area contributed by atoms with E-state index in [9.17, 15) is 0 Å². The zero-order valence-electron chi connectivity index (χ0n) is 25.9. The molecule has 0 atom stereocenters. The lowest BCUT2D eigenvalue weighted by Crippen LogP contribution is -2.23. The number of H-pyrrole nitrogens is 1. The van der Waals surface area contributed by atoms with Crippen LogP contribution in [0.25, 0.3) is 5.57 Å². The fourth-order valence-corrected chi connectivity index (χ4v) is 7.76. The lowest BCUT2D eigenvalue weighted by Gasteiger charge is -2.21. The molecule has 222 valence electrons. The average Bonchev–Trinajstić information content (AvgIpc) is 3.64. The maximum Gasteiger partial charge on any atom is 0.587 e. The second-order valence-corrected chi connectivity index (χ2v) is 13.1. The van der Waals surface area contributed by atoms with Crippen LogP contribution in [0.4, 0.5) is 0 Å². The molecule has 2 heterocycles. The third-order valence-electron chi connectivity index (χ3n) is 10.0. The first-order chi connectivity index (χ1) is 21.7. The van der Waals surface area contributed by atoms with Gasteiger partial charge in [-0.25, -0.2) is 0 Å². The van der Waals surface area contributed by atoms with E-state index in [4.69, 9.17) is 12.7 Å². The minimum absolute atomic E-state index is 0.500. The third kappa shape index (κ3) is 6.22. The SMILES string of the molecule is [B][N+]1=C(C2CCCCC2)C=C(Cc2ccccc2)/C1=C(\C1=CC=CCC1)c1[nH]c(C2CCCCC2)cc1Oc1ccccc1. The van der Waals surface area contributed by atoms with Crippen LogP contribution in [-0.4, -0.2) is 23.2 Å². The number of aromatic nitrogens is 1. The predicted molar refractivity (Wildman–Crippen MR) is 182 cm³/mol. The van der Waals surface area contributed by atoms with Crippen molar-refractivity contribution >= 4 is 19.3 Å². The molecule has 4 aliphatic rings. The van der Waals surface area contributed by atoms with Crippen molar-refractivity contribution in [1.82, 2.24) is 4.98 Å². The molecule has 0 amide bonds. The van der Waals surface area contributed by atoms with Gasteiger partial charge < -0.3 is 9.72 Å². The van der Waals surface area contributed by atoms with E-state index in [0.29, 0.717) is 11.8 Å². The van der Waals surface area contributed by atoms with Crippen molar-refractivity contribution in [3.63, 3.8) is 0 Å². The van der Waals surface area contributed by atoms with E-state index in [1.807, 2.05) is 30.3 Å². The number of benzene rings is 2. The molecule has 2 fully saturated rings. The topological polar surface area (TPSA) is 28.0 Å². The zero-order chi connectivity index (χ0) is 29.7. The number of para-hydroxylation sites is 1. The summed E-state index contributed by atoms with van der Waals surface area (Å²) in [6.45, 7) is 0. The van der Waals surface area contributed by atoms with Crippen molar-refractivity contribution in [2.75, 3.05) is 0 Å². The molecule has 1 N–H and O–H groups in total. The Balaban J connectivity index is 1.43. The van der Waals surface area contributed by atoms with Crippen LogP contribution in [-0.2, 0) is 6.42 Å². The monoisotopic (exact) mass is 579 g/mol. The van der Waals surface area contributed by atoms with E-state index in [1.54, 1.807) is 0 Å². The van der Waals surface area contributed by atoms with Crippen LogP contribution in [0.5, 0.6) is 11.5 Å². The number of rotatable bonds is 8. The molecule has 3 aromatic rings. The Morgan fingerprint density at radius 3 is 2.20 bits per heavy atom. The Bertz CT molecular complexity index is 1610. The Morgan fingerprint density at radius 1 is 0.841 bits per heavy atom. The summed E-state index contributed by atoms with van der Waals surface area (Å²) in [5.41, 5.74) is 9.87. The van der Waals surface area contributed by atoms with E-state index in [2.05, 4.69) is 70.2 Å². The molecule has 2 saturated carbocycles. The molecule has 4 heteroatoms. The maximum atomic E-state index is 7.28. The Hall–Kier alpha value is -3.79. The van der Waals surface area contributed by atoms with Crippen molar-refractivity contribution in [2.45, 2.75) is 89.4 Å². The van der Waals surface area contributed by atoms with Crippen LogP contribution >= 0.6 is 0 Å². The van der Waals surface area contributed by atoms with Crippen LogP contribution in [0.15, 0.2) is 108 Å². The van der Waals surface area contributed by atoms with E-state index in [-0.39, 0.29) is 0 Å².